The van der Waals surface area contributed by atoms with Gasteiger partial charge in [0.05, 0.1) is 24.2 Å². The average molecular weight is 557 g/mol. The number of benzene rings is 1. The number of ether oxygens (including phenoxy) is 1. The van der Waals surface area contributed by atoms with Crippen molar-refractivity contribution in [1.82, 2.24) is 24.3 Å². The Balaban J connectivity index is 1.63. The molecule has 1 saturated heterocycles. The van der Waals surface area contributed by atoms with Gasteiger partial charge in [0.15, 0.2) is 5.65 Å². The Hall–Kier alpha value is -3.84. The van der Waals surface area contributed by atoms with Crippen LogP contribution in [0, 0.1) is 0 Å². The Bertz CT molecular complexity index is 1360. The van der Waals surface area contributed by atoms with E-state index in [1.807, 2.05) is 0 Å². The Morgan fingerprint density at radius 3 is 2.18 bits per heavy atom. The summed E-state index contributed by atoms with van der Waals surface area (Å²) in [7, 11) is 0. The maximum absolute atomic E-state index is 13.4. The number of imidazole rings is 1. The van der Waals surface area contributed by atoms with E-state index < -0.39 is 47.6 Å². The molecular formula is C25H25F6N5O3. The van der Waals surface area contributed by atoms with Gasteiger partial charge in [0.2, 0.25) is 5.91 Å². The van der Waals surface area contributed by atoms with Crippen molar-refractivity contribution in [3.63, 3.8) is 0 Å². The van der Waals surface area contributed by atoms with E-state index in [4.69, 9.17) is 4.74 Å². The number of hydrogen-bond donors (Lipinski definition) is 0. The summed E-state index contributed by atoms with van der Waals surface area (Å²) in [4.78, 5) is 36.5. The van der Waals surface area contributed by atoms with Gasteiger partial charge in [-0.3, -0.25) is 9.69 Å². The molecule has 2 aromatic heterocycles. The number of nitrogens with zero attached hydrogens (tertiary/aromatic N) is 5. The first-order chi connectivity index (χ1) is 18.0. The van der Waals surface area contributed by atoms with Gasteiger partial charge < -0.3 is 14.2 Å². The molecule has 3 heterocycles. The van der Waals surface area contributed by atoms with E-state index in [1.165, 1.54) is 20.6 Å². The van der Waals surface area contributed by atoms with Crippen LogP contribution < -0.4 is 0 Å². The molecule has 0 unspecified atom stereocenters. The fraction of sp³-hybridized carbons (Fsp3) is 0.440. The standard InChI is InChI=1S/C25H25F6N5O3/c1-23(2,3)39-22(38)35-8-7-34(20(37)14-35)13-19-33-18-5-4-6-32-21(18)36(19)12-15-9-16(24(26,27)28)11-17(10-15)25(29,30)31/h4-6,9-11H,7-8,12-14H2,1-3H3. The summed E-state index contributed by atoms with van der Waals surface area (Å²) in [6, 6.07) is 4.55. The van der Waals surface area contributed by atoms with Crippen LogP contribution in [0.15, 0.2) is 36.5 Å². The van der Waals surface area contributed by atoms with Crippen LogP contribution in [0.25, 0.3) is 11.2 Å². The minimum atomic E-state index is -4.99. The number of aromatic nitrogens is 3. The molecule has 0 saturated carbocycles. The van der Waals surface area contributed by atoms with E-state index >= 15 is 0 Å². The molecule has 1 aliphatic rings. The maximum atomic E-state index is 13.4. The van der Waals surface area contributed by atoms with Gasteiger partial charge in [-0.25, -0.2) is 14.8 Å². The summed E-state index contributed by atoms with van der Waals surface area (Å²) in [5, 5.41) is 0. The van der Waals surface area contributed by atoms with E-state index in [0.717, 1.165) is 0 Å². The first-order valence-electron chi connectivity index (χ1n) is 11.9. The monoisotopic (exact) mass is 557 g/mol. The molecule has 0 radical (unpaired) electrons. The van der Waals surface area contributed by atoms with Crippen molar-refractivity contribution in [2.75, 3.05) is 19.6 Å². The highest BCUT2D eigenvalue weighted by molar-refractivity contribution is 5.83. The van der Waals surface area contributed by atoms with Gasteiger partial charge >= 0.3 is 18.4 Å². The first kappa shape index (κ1) is 28.2. The van der Waals surface area contributed by atoms with E-state index in [9.17, 15) is 35.9 Å². The third-order valence-corrected chi connectivity index (χ3v) is 5.87. The lowest BCUT2D eigenvalue weighted by Gasteiger charge is -2.35. The molecule has 1 aliphatic heterocycles. The number of alkyl halides is 6. The van der Waals surface area contributed by atoms with E-state index in [-0.39, 0.29) is 49.3 Å². The van der Waals surface area contributed by atoms with Gasteiger partial charge in [-0.1, -0.05) is 0 Å². The van der Waals surface area contributed by atoms with Crippen molar-refractivity contribution >= 4 is 23.2 Å². The Morgan fingerprint density at radius 2 is 1.62 bits per heavy atom. The molecule has 0 atom stereocenters. The normalized spacial score (nSPS) is 15.3. The maximum Gasteiger partial charge on any atom is 0.416 e. The van der Waals surface area contributed by atoms with Gasteiger partial charge in [0, 0.05) is 19.3 Å². The fourth-order valence-corrected chi connectivity index (χ4v) is 4.11. The predicted octanol–water partition coefficient (Wildman–Crippen LogP) is 5.10. The third-order valence-electron chi connectivity index (χ3n) is 5.87. The van der Waals surface area contributed by atoms with Crippen molar-refractivity contribution < 1.29 is 40.7 Å². The first-order valence-corrected chi connectivity index (χ1v) is 11.9. The summed E-state index contributed by atoms with van der Waals surface area (Å²) in [6.07, 6.45) is -9.21. The quantitative estimate of drug-likeness (QED) is 0.418. The zero-order valence-corrected chi connectivity index (χ0v) is 21.2. The molecule has 0 N–H and O–H groups in total. The lowest BCUT2D eigenvalue weighted by atomic mass is 10.0. The van der Waals surface area contributed by atoms with Crippen LogP contribution in [-0.4, -0.2) is 61.6 Å². The molecule has 3 aromatic rings. The molecule has 0 spiro atoms. The van der Waals surface area contributed by atoms with Crippen molar-refractivity contribution in [2.24, 2.45) is 0 Å². The lowest BCUT2D eigenvalue weighted by Crippen LogP contribution is -2.53. The molecule has 0 bridgehead atoms. The van der Waals surface area contributed by atoms with E-state index in [1.54, 1.807) is 32.9 Å². The zero-order valence-electron chi connectivity index (χ0n) is 21.2. The number of halogens is 6. The van der Waals surface area contributed by atoms with E-state index in [2.05, 4.69) is 9.97 Å². The highest BCUT2D eigenvalue weighted by Crippen LogP contribution is 2.36. The number of carbonyl (C=O) groups is 2. The molecule has 2 amide bonds. The topological polar surface area (TPSA) is 80.6 Å². The SMILES string of the molecule is CC(C)(C)OC(=O)N1CCN(Cc2nc3cccnc3n2Cc2cc(C(F)(F)F)cc(C(F)(F)F)c2)C(=O)C1. The Labute approximate surface area is 219 Å². The number of hydrogen-bond acceptors (Lipinski definition) is 5. The minimum absolute atomic E-state index is 0.0670. The second-order valence-electron chi connectivity index (χ2n) is 10.1. The summed E-state index contributed by atoms with van der Waals surface area (Å²) in [5.41, 5.74) is -3.28. The molecule has 39 heavy (non-hydrogen) atoms. The molecule has 1 aromatic carbocycles. The third kappa shape index (κ3) is 6.60. The zero-order chi connectivity index (χ0) is 28.8. The number of carbonyl (C=O) groups excluding carboxylic acids is 2. The molecule has 4 rings (SSSR count). The number of pyridine rings is 1. The average Bonchev–Trinajstić information content (AvgIpc) is 3.15. The van der Waals surface area contributed by atoms with Gasteiger partial charge in [0.25, 0.3) is 0 Å². The van der Waals surface area contributed by atoms with Gasteiger partial charge in [-0.15, -0.1) is 0 Å². The fourth-order valence-electron chi connectivity index (χ4n) is 4.11. The van der Waals surface area contributed by atoms with Crippen molar-refractivity contribution in [3.8, 4) is 0 Å². The minimum Gasteiger partial charge on any atom is -0.444 e. The highest BCUT2D eigenvalue weighted by atomic mass is 19.4. The van der Waals surface area contributed by atoms with Crippen molar-refractivity contribution in [3.05, 3.63) is 59.0 Å². The predicted molar refractivity (Wildman–Crippen MR) is 126 cm³/mol. The Morgan fingerprint density at radius 1 is 0.974 bits per heavy atom. The molecule has 210 valence electrons. The number of fused-ring (bicyclic) bond motifs is 1. The van der Waals surface area contributed by atoms with Crippen molar-refractivity contribution in [1.29, 1.82) is 0 Å². The van der Waals surface area contributed by atoms with Crippen LogP contribution in [0.5, 0.6) is 0 Å². The molecule has 8 nitrogen and oxygen atoms in total. The van der Waals surface area contributed by atoms with Crippen LogP contribution >= 0.6 is 0 Å². The van der Waals surface area contributed by atoms with E-state index in [0.29, 0.717) is 17.6 Å². The number of rotatable bonds is 4. The molecular weight excluding hydrogens is 532 g/mol. The summed E-state index contributed by atoms with van der Waals surface area (Å²) in [6.45, 7) is 4.63. The molecule has 14 heteroatoms. The van der Waals surface area contributed by atoms with Crippen LogP contribution in [-0.2, 0) is 35.0 Å². The van der Waals surface area contributed by atoms with Gasteiger partial charge in [-0.05, 0) is 56.7 Å². The van der Waals surface area contributed by atoms with Crippen molar-refractivity contribution in [2.45, 2.75) is 51.8 Å². The summed E-state index contributed by atoms with van der Waals surface area (Å²) >= 11 is 0. The van der Waals surface area contributed by atoms with Crippen LogP contribution in [0.1, 0.15) is 43.3 Å². The van der Waals surface area contributed by atoms with Gasteiger partial charge in [-0.2, -0.15) is 26.3 Å². The van der Waals surface area contributed by atoms with Crippen LogP contribution in [0.4, 0.5) is 31.1 Å². The second-order valence-corrected chi connectivity index (χ2v) is 10.1. The smallest absolute Gasteiger partial charge is 0.416 e. The Kier molecular flexibility index (Phi) is 7.25. The van der Waals surface area contributed by atoms with Crippen LogP contribution in [0.3, 0.4) is 0 Å². The second kappa shape index (κ2) is 10.0. The summed E-state index contributed by atoms with van der Waals surface area (Å²) < 4.78 is 87.1. The lowest BCUT2D eigenvalue weighted by molar-refractivity contribution is -0.143. The molecule has 1 fully saturated rings. The molecule has 0 aliphatic carbocycles. The van der Waals surface area contributed by atoms with Gasteiger partial charge in [0.1, 0.15) is 23.5 Å². The highest BCUT2D eigenvalue weighted by Gasteiger charge is 2.37. The number of piperazine rings is 1. The van der Waals surface area contributed by atoms with Crippen LogP contribution in [0.2, 0.25) is 0 Å². The summed E-state index contributed by atoms with van der Waals surface area (Å²) in [5.74, 6) is -0.203. The largest absolute Gasteiger partial charge is 0.444 e. The number of amides is 2.